The van der Waals surface area contributed by atoms with Crippen LogP contribution in [-0.2, 0) is 0 Å². The zero-order chi connectivity index (χ0) is 11.9. The first kappa shape index (κ1) is 14.1. The van der Waals surface area contributed by atoms with Crippen molar-refractivity contribution in [3.05, 3.63) is 23.9 Å². The number of hydrogen-bond acceptors (Lipinski definition) is 1. The zero-order valence-electron chi connectivity index (χ0n) is 9.25. The minimum Gasteiger partial charge on any atom is -0.380 e. The van der Waals surface area contributed by atoms with E-state index in [0.717, 1.165) is 12.0 Å². The molecular formula is C11H18F3N. The van der Waals surface area contributed by atoms with E-state index in [4.69, 9.17) is 0 Å². The number of halogens is 3. The Kier molecular flexibility index (Phi) is 6.13. The quantitative estimate of drug-likeness (QED) is 0.673. The summed E-state index contributed by atoms with van der Waals surface area (Å²) in [5, 5.41) is 2.45. The SMILES string of the molecule is C=C/C(CC)=C(/CCC)NCC(F)(F)F. The smallest absolute Gasteiger partial charge is 0.380 e. The summed E-state index contributed by atoms with van der Waals surface area (Å²) in [5.41, 5.74) is 1.52. The van der Waals surface area contributed by atoms with Crippen LogP contribution in [0.3, 0.4) is 0 Å². The fraction of sp³-hybridized carbons (Fsp3) is 0.636. The summed E-state index contributed by atoms with van der Waals surface area (Å²) in [4.78, 5) is 0. The van der Waals surface area contributed by atoms with Crippen molar-refractivity contribution in [2.24, 2.45) is 0 Å². The van der Waals surface area contributed by atoms with Crippen LogP contribution < -0.4 is 5.32 Å². The van der Waals surface area contributed by atoms with Gasteiger partial charge in [0.25, 0.3) is 0 Å². The lowest BCUT2D eigenvalue weighted by molar-refractivity contribution is -0.123. The Morgan fingerprint density at radius 2 is 1.93 bits per heavy atom. The van der Waals surface area contributed by atoms with Crippen molar-refractivity contribution in [1.82, 2.24) is 5.32 Å². The molecule has 0 aliphatic carbocycles. The standard InChI is InChI=1S/C11H18F3N/c1-4-7-10(9(5-2)6-3)15-8-11(12,13)14/h5,15H,2,4,6-8H2,1,3H3/b10-9+. The van der Waals surface area contributed by atoms with Crippen LogP contribution in [0, 0.1) is 0 Å². The van der Waals surface area contributed by atoms with Gasteiger partial charge in [0.1, 0.15) is 6.54 Å². The van der Waals surface area contributed by atoms with Gasteiger partial charge in [0.05, 0.1) is 0 Å². The highest BCUT2D eigenvalue weighted by Gasteiger charge is 2.27. The van der Waals surface area contributed by atoms with Gasteiger partial charge < -0.3 is 5.32 Å². The van der Waals surface area contributed by atoms with Gasteiger partial charge in [-0.3, -0.25) is 0 Å². The molecule has 0 bridgehead atoms. The van der Waals surface area contributed by atoms with Gasteiger partial charge in [0.15, 0.2) is 0 Å². The van der Waals surface area contributed by atoms with E-state index >= 15 is 0 Å². The molecule has 88 valence electrons. The van der Waals surface area contributed by atoms with Gasteiger partial charge in [-0.25, -0.2) is 0 Å². The third kappa shape index (κ3) is 6.20. The van der Waals surface area contributed by atoms with Crippen LogP contribution in [-0.4, -0.2) is 12.7 Å². The average molecular weight is 221 g/mol. The summed E-state index contributed by atoms with van der Waals surface area (Å²) in [5.74, 6) is 0. The predicted octanol–water partition coefficient (Wildman–Crippen LogP) is 3.79. The molecule has 0 aromatic rings. The third-order valence-corrected chi connectivity index (χ3v) is 2.02. The van der Waals surface area contributed by atoms with E-state index in [9.17, 15) is 13.2 Å². The minimum atomic E-state index is -4.17. The van der Waals surface area contributed by atoms with Gasteiger partial charge in [0, 0.05) is 5.70 Å². The summed E-state index contributed by atoms with van der Waals surface area (Å²) >= 11 is 0. The number of nitrogens with one attached hydrogen (secondary N) is 1. The normalized spacial score (nSPS) is 13.4. The van der Waals surface area contributed by atoms with Crippen LogP contribution in [0.1, 0.15) is 33.1 Å². The van der Waals surface area contributed by atoms with Gasteiger partial charge in [-0.1, -0.05) is 32.9 Å². The molecule has 0 atom stereocenters. The first-order valence-corrected chi connectivity index (χ1v) is 5.09. The molecule has 0 radical (unpaired) electrons. The summed E-state index contributed by atoms with van der Waals surface area (Å²) in [6, 6.07) is 0. The molecule has 0 saturated carbocycles. The van der Waals surface area contributed by atoms with Gasteiger partial charge in [-0.2, -0.15) is 13.2 Å². The van der Waals surface area contributed by atoms with Gasteiger partial charge in [-0.05, 0) is 18.4 Å². The highest BCUT2D eigenvalue weighted by Crippen LogP contribution is 2.17. The molecule has 0 aromatic heterocycles. The fourth-order valence-corrected chi connectivity index (χ4v) is 1.30. The first-order valence-electron chi connectivity index (χ1n) is 5.09. The molecule has 0 unspecified atom stereocenters. The molecule has 4 heteroatoms. The predicted molar refractivity (Wildman–Crippen MR) is 56.5 cm³/mol. The van der Waals surface area contributed by atoms with Crippen LogP contribution in [0.5, 0.6) is 0 Å². The number of allylic oxidation sites excluding steroid dienone is 3. The molecule has 0 fully saturated rings. The van der Waals surface area contributed by atoms with Crippen molar-refractivity contribution in [3.8, 4) is 0 Å². The molecule has 0 rings (SSSR count). The largest absolute Gasteiger partial charge is 0.405 e. The molecule has 0 spiro atoms. The van der Waals surface area contributed by atoms with E-state index in [0.29, 0.717) is 18.5 Å². The van der Waals surface area contributed by atoms with Gasteiger partial charge >= 0.3 is 6.18 Å². The van der Waals surface area contributed by atoms with Crippen molar-refractivity contribution in [3.63, 3.8) is 0 Å². The number of rotatable bonds is 6. The van der Waals surface area contributed by atoms with Gasteiger partial charge in [-0.15, -0.1) is 0 Å². The summed E-state index contributed by atoms with van der Waals surface area (Å²) in [6.45, 7) is 6.47. The van der Waals surface area contributed by atoms with Crippen LogP contribution in [0.2, 0.25) is 0 Å². The van der Waals surface area contributed by atoms with E-state index < -0.39 is 12.7 Å². The van der Waals surface area contributed by atoms with Crippen molar-refractivity contribution in [2.45, 2.75) is 39.3 Å². The maximum Gasteiger partial charge on any atom is 0.405 e. The minimum absolute atomic E-state index is 0.630. The molecule has 0 aliphatic rings. The molecule has 0 heterocycles. The topological polar surface area (TPSA) is 12.0 Å². The van der Waals surface area contributed by atoms with Crippen LogP contribution in [0.15, 0.2) is 23.9 Å². The molecular weight excluding hydrogens is 203 g/mol. The molecule has 0 aliphatic heterocycles. The van der Waals surface area contributed by atoms with Crippen molar-refractivity contribution >= 4 is 0 Å². The molecule has 1 nitrogen and oxygen atoms in total. The van der Waals surface area contributed by atoms with Gasteiger partial charge in [0.2, 0.25) is 0 Å². The van der Waals surface area contributed by atoms with E-state index in [1.807, 2.05) is 13.8 Å². The molecule has 1 N–H and O–H groups in total. The maximum absolute atomic E-state index is 12.0. The Hall–Kier alpha value is -0.930. The Labute approximate surface area is 89.1 Å². The van der Waals surface area contributed by atoms with Crippen LogP contribution in [0.25, 0.3) is 0 Å². The third-order valence-electron chi connectivity index (χ3n) is 2.02. The van der Waals surface area contributed by atoms with Crippen molar-refractivity contribution in [1.29, 1.82) is 0 Å². The van der Waals surface area contributed by atoms with Crippen molar-refractivity contribution in [2.75, 3.05) is 6.54 Å². The Bertz CT molecular complexity index is 228. The second-order valence-electron chi connectivity index (χ2n) is 3.28. The molecule has 15 heavy (non-hydrogen) atoms. The highest BCUT2D eigenvalue weighted by molar-refractivity contribution is 5.22. The lowest BCUT2D eigenvalue weighted by Gasteiger charge is -2.15. The lowest BCUT2D eigenvalue weighted by Crippen LogP contribution is -2.29. The Morgan fingerprint density at radius 3 is 2.27 bits per heavy atom. The Balaban J connectivity index is 4.52. The molecule has 0 saturated heterocycles. The maximum atomic E-state index is 12.0. The van der Waals surface area contributed by atoms with E-state index in [2.05, 4.69) is 11.9 Å². The van der Waals surface area contributed by atoms with Crippen LogP contribution >= 0.6 is 0 Å². The van der Waals surface area contributed by atoms with E-state index in [1.165, 1.54) is 0 Å². The van der Waals surface area contributed by atoms with Crippen LogP contribution in [0.4, 0.5) is 13.2 Å². The lowest BCUT2D eigenvalue weighted by atomic mass is 10.1. The molecule has 0 aromatic carbocycles. The Morgan fingerprint density at radius 1 is 1.33 bits per heavy atom. The first-order chi connectivity index (χ1) is 6.94. The number of alkyl halides is 3. The van der Waals surface area contributed by atoms with Crippen molar-refractivity contribution < 1.29 is 13.2 Å². The number of hydrogen-bond donors (Lipinski definition) is 1. The average Bonchev–Trinajstić information content (AvgIpc) is 2.14. The fourth-order valence-electron chi connectivity index (χ4n) is 1.30. The monoisotopic (exact) mass is 221 g/mol. The summed E-state index contributed by atoms with van der Waals surface area (Å²) in [7, 11) is 0. The second-order valence-corrected chi connectivity index (χ2v) is 3.28. The molecule has 0 amide bonds. The highest BCUT2D eigenvalue weighted by atomic mass is 19.4. The zero-order valence-corrected chi connectivity index (χ0v) is 9.25. The van der Waals surface area contributed by atoms with E-state index in [1.54, 1.807) is 6.08 Å². The summed E-state index contributed by atoms with van der Waals surface area (Å²) in [6.07, 6.45) is -0.403. The summed E-state index contributed by atoms with van der Waals surface area (Å²) < 4.78 is 36.1. The van der Waals surface area contributed by atoms with E-state index in [-0.39, 0.29) is 0 Å². The second kappa shape index (κ2) is 6.53.